The van der Waals surface area contributed by atoms with Crippen molar-refractivity contribution in [3.63, 3.8) is 0 Å². The van der Waals surface area contributed by atoms with E-state index in [0.717, 1.165) is 15.2 Å². The van der Waals surface area contributed by atoms with Crippen LogP contribution in [0, 0.1) is 5.92 Å². The topological polar surface area (TPSA) is 118 Å². The zero-order valence-corrected chi connectivity index (χ0v) is 23.8. The maximum atomic E-state index is 13.3. The first-order valence-electron chi connectivity index (χ1n) is 12.9. The number of carbonyl (C=O) groups excluding carboxylic acids is 3. The molecule has 1 aliphatic rings. The standard InChI is InChI=1S/C28H33ClN4O5S/c1-18(2)15-23(31-28(36)25-16-19-7-4-5-9-24(19)32(25)3)27(35)30-22-8-6-14-33(17-26(22)34)39(37,38)21-12-10-20(29)11-13-21/h4-5,7,9-13,16,18,22-23H,6,8,14-15,17H2,1-3H3,(H,30,35)(H,31,36)/t22-,23?/m0/s1. The van der Waals surface area contributed by atoms with E-state index in [1.807, 2.05) is 38.1 Å². The van der Waals surface area contributed by atoms with Crippen LogP contribution in [0.1, 0.15) is 43.6 Å². The summed E-state index contributed by atoms with van der Waals surface area (Å²) in [5.41, 5.74) is 1.32. The van der Waals surface area contributed by atoms with Crippen LogP contribution in [0.4, 0.5) is 0 Å². The highest BCUT2D eigenvalue weighted by Crippen LogP contribution is 2.22. The van der Waals surface area contributed by atoms with Crippen LogP contribution < -0.4 is 10.6 Å². The lowest BCUT2D eigenvalue weighted by Crippen LogP contribution is -2.52. The molecule has 1 fully saturated rings. The van der Waals surface area contributed by atoms with E-state index in [1.54, 1.807) is 17.7 Å². The van der Waals surface area contributed by atoms with E-state index in [0.29, 0.717) is 30.0 Å². The Bertz CT molecular complexity index is 1480. The second-order valence-corrected chi connectivity index (χ2v) is 12.6. The van der Waals surface area contributed by atoms with Crippen LogP contribution in [-0.4, -0.2) is 60.1 Å². The predicted octanol–water partition coefficient (Wildman–Crippen LogP) is 3.51. The quantitative estimate of drug-likeness (QED) is 0.428. The van der Waals surface area contributed by atoms with Crippen molar-refractivity contribution in [2.45, 2.75) is 50.1 Å². The molecule has 1 aromatic heterocycles. The lowest BCUT2D eigenvalue weighted by Gasteiger charge is -2.23. The van der Waals surface area contributed by atoms with Crippen LogP contribution in [0.2, 0.25) is 5.02 Å². The molecule has 1 saturated heterocycles. The van der Waals surface area contributed by atoms with Crippen molar-refractivity contribution < 1.29 is 22.8 Å². The SMILES string of the molecule is CC(C)CC(NC(=O)c1cc2ccccc2n1C)C(=O)N[C@H]1CCCN(S(=O)(=O)c2ccc(Cl)cc2)CC1=O. The van der Waals surface area contributed by atoms with Gasteiger partial charge in [0.05, 0.1) is 17.5 Å². The van der Waals surface area contributed by atoms with Crippen LogP contribution in [0.15, 0.2) is 59.5 Å². The molecule has 2 amide bonds. The van der Waals surface area contributed by atoms with Gasteiger partial charge in [-0.05, 0) is 61.6 Å². The fraction of sp³-hybridized carbons (Fsp3) is 0.393. The predicted molar refractivity (Wildman–Crippen MR) is 150 cm³/mol. The average molecular weight is 573 g/mol. The van der Waals surface area contributed by atoms with E-state index in [2.05, 4.69) is 10.6 Å². The summed E-state index contributed by atoms with van der Waals surface area (Å²) in [7, 11) is -2.10. The average Bonchev–Trinajstić information content (AvgIpc) is 3.11. The highest BCUT2D eigenvalue weighted by molar-refractivity contribution is 7.89. The van der Waals surface area contributed by atoms with Crippen molar-refractivity contribution in [2.24, 2.45) is 13.0 Å². The highest BCUT2D eigenvalue weighted by Gasteiger charge is 2.34. The fourth-order valence-electron chi connectivity index (χ4n) is 4.82. The van der Waals surface area contributed by atoms with Gasteiger partial charge in [-0.25, -0.2) is 8.42 Å². The Kier molecular flexibility index (Phi) is 8.78. The van der Waals surface area contributed by atoms with Gasteiger partial charge in [-0.1, -0.05) is 43.6 Å². The number of carbonyl (C=O) groups is 3. The molecule has 0 bridgehead atoms. The number of benzene rings is 2. The molecule has 208 valence electrons. The molecule has 2 heterocycles. The van der Waals surface area contributed by atoms with Crippen molar-refractivity contribution in [3.8, 4) is 0 Å². The molecule has 4 rings (SSSR count). The number of aryl methyl sites for hydroxylation is 1. The summed E-state index contributed by atoms with van der Waals surface area (Å²) < 4.78 is 29.1. The smallest absolute Gasteiger partial charge is 0.268 e. The third-order valence-corrected chi connectivity index (χ3v) is 9.01. The summed E-state index contributed by atoms with van der Waals surface area (Å²) in [6, 6.07) is 13.5. The van der Waals surface area contributed by atoms with E-state index >= 15 is 0 Å². The van der Waals surface area contributed by atoms with Crippen molar-refractivity contribution in [1.29, 1.82) is 0 Å². The Morgan fingerprint density at radius 1 is 1.10 bits per heavy atom. The van der Waals surface area contributed by atoms with Gasteiger partial charge in [-0.15, -0.1) is 0 Å². The molecule has 1 unspecified atom stereocenters. The zero-order chi connectivity index (χ0) is 28.3. The summed E-state index contributed by atoms with van der Waals surface area (Å²) in [6.45, 7) is 3.68. The van der Waals surface area contributed by atoms with E-state index in [9.17, 15) is 22.8 Å². The first-order valence-corrected chi connectivity index (χ1v) is 14.7. The second-order valence-electron chi connectivity index (χ2n) is 10.3. The number of halogens is 1. The summed E-state index contributed by atoms with van der Waals surface area (Å²) >= 11 is 5.88. The normalized spacial score (nSPS) is 17.7. The number of sulfonamides is 1. The number of para-hydroxylation sites is 1. The molecule has 39 heavy (non-hydrogen) atoms. The molecule has 3 aromatic rings. The van der Waals surface area contributed by atoms with Crippen molar-refractivity contribution in [2.75, 3.05) is 13.1 Å². The minimum atomic E-state index is -3.90. The minimum absolute atomic E-state index is 0.0511. The lowest BCUT2D eigenvalue weighted by atomic mass is 10.0. The second kappa shape index (κ2) is 11.9. The molecule has 0 spiro atoms. The number of amides is 2. The van der Waals surface area contributed by atoms with Gasteiger partial charge >= 0.3 is 0 Å². The van der Waals surface area contributed by atoms with E-state index in [-0.39, 0.29) is 29.8 Å². The summed E-state index contributed by atoms with van der Waals surface area (Å²) in [4.78, 5) is 39.7. The first-order chi connectivity index (χ1) is 18.5. The van der Waals surface area contributed by atoms with Gasteiger partial charge in [0, 0.05) is 29.5 Å². The van der Waals surface area contributed by atoms with Gasteiger partial charge in [0.15, 0.2) is 5.78 Å². The van der Waals surface area contributed by atoms with Gasteiger partial charge < -0.3 is 15.2 Å². The Morgan fingerprint density at radius 2 is 1.79 bits per heavy atom. The van der Waals surface area contributed by atoms with Crippen LogP contribution in [0.3, 0.4) is 0 Å². The van der Waals surface area contributed by atoms with Crippen molar-refractivity contribution >= 4 is 50.1 Å². The van der Waals surface area contributed by atoms with Gasteiger partial charge in [0.1, 0.15) is 11.7 Å². The minimum Gasteiger partial charge on any atom is -0.344 e. The molecular formula is C28H33ClN4O5S. The molecule has 0 saturated carbocycles. The lowest BCUT2D eigenvalue weighted by molar-refractivity contribution is -0.129. The Morgan fingerprint density at radius 3 is 2.46 bits per heavy atom. The summed E-state index contributed by atoms with van der Waals surface area (Å²) in [5, 5.41) is 6.95. The zero-order valence-electron chi connectivity index (χ0n) is 22.2. The Labute approximate surface area is 233 Å². The maximum Gasteiger partial charge on any atom is 0.268 e. The van der Waals surface area contributed by atoms with E-state index in [4.69, 9.17) is 11.6 Å². The number of nitrogens with one attached hydrogen (secondary N) is 2. The van der Waals surface area contributed by atoms with Gasteiger partial charge in [-0.3, -0.25) is 14.4 Å². The van der Waals surface area contributed by atoms with Crippen LogP contribution >= 0.6 is 11.6 Å². The fourth-order valence-corrected chi connectivity index (χ4v) is 6.39. The van der Waals surface area contributed by atoms with E-state index in [1.165, 1.54) is 24.3 Å². The number of nitrogens with zero attached hydrogens (tertiary/aromatic N) is 2. The monoisotopic (exact) mass is 572 g/mol. The van der Waals surface area contributed by atoms with Gasteiger partial charge in [-0.2, -0.15) is 4.31 Å². The summed E-state index contributed by atoms with van der Waals surface area (Å²) in [5.74, 6) is -1.16. The Balaban J connectivity index is 1.46. The van der Waals surface area contributed by atoms with Gasteiger partial charge in [0.2, 0.25) is 15.9 Å². The number of hydrogen-bond acceptors (Lipinski definition) is 5. The number of ketones is 1. The first kappa shape index (κ1) is 28.8. The number of rotatable bonds is 8. The number of fused-ring (bicyclic) bond motifs is 1. The molecule has 1 aliphatic heterocycles. The number of aromatic nitrogens is 1. The van der Waals surface area contributed by atoms with Crippen LogP contribution in [0.25, 0.3) is 10.9 Å². The number of Topliss-reactive ketones (excluding diaryl/α,β-unsaturated/α-hetero) is 1. The molecule has 2 aromatic carbocycles. The maximum absolute atomic E-state index is 13.3. The molecule has 0 aliphatic carbocycles. The molecule has 9 nitrogen and oxygen atoms in total. The third-order valence-electron chi connectivity index (χ3n) is 6.90. The molecule has 2 N–H and O–H groups in total. The summed E-state index contributed by atoms with van der Waals surface area (Å²) in [6.07, 6.45) is 1.06. The number of hydrogen-bond donors (Lipinski definition) is 2. The highest BCUT2D eigenvalue weighted by atomic mass is 35.5. The van der Waals surface area contributed by atoms with Crippen LogP contribution in [-0.2, 0) is 26.7 Å². The molecule has 11 heteroatoms. The Hall–Kier alpha value is -3.21. The van der Waals surface area contributed by atoms with Crippen molar-refractivity contribution in [3.05, 3.63) is 65.3 Å². The van der Waals surface area contributed by atoms with E-state index < -0.39 is 33.8 Å². The van der Waals surface area contributed by atoms with Gasteiger partial charge in [0.25, 0.3) is 5.91 Å². The molecule has 2 atom stereocenters. The largest absolute Gasteiger partial charge is 0.344 e. The molecular weight excluding hydrogens is 540 g/mol. The van der Waals surface area contributed by atoms with Crippen LogP contribution in [0.5, 0.6) is 0 Å². The van der Waals surface area contributed by atoms with Crippen molar-refractivity contribution in [1.82, 2.24) is 19.5 Å². The third kappa shape index (κ3) is 6.51. The molecule has 0 radical (unpaired) electrons.